The first kappa shape index (κ1) is 12.5. The van der Waals surface area contributed by atoms with Crippen LogP contribution in [-0.2, 0) is 0 Å². The molecule has 1 saturated heterocycles. The van der Waals surface area contributed by atoms with E-state index in [2.05, 4.69) is 0 Å². The maximum Gasteiger partial charge on any atom is 0.254 e. The van der Waals surface area contributed by atoms with Crippen LogP contribution in [0.15, 0.2) is 24.3 Å². The summed E-state index contributed by atoms with van der Waals surface area (Å²) in [6.45, 7) is 0.217. The van der Waals surface area contributed by atoms with Crippen molar-refractivity contribution < 1.29 is 19.8 Å². The SMILES string of the molecule is NC(=O)c1ccc(C(=O)N2C[C@@H](O)[C@@H](O)C2)cc1. The molecule has 0 unspecified atom stereocenters. The Hall–Kier alpha value is -1.92. The van der Waals surface area contributed by atoms with Crippen LogP contribution in [0.25, 0.3) is 0 Å². The van der Waals surface area contributed by atoms with Crippen LogP contribution in [-0.4, -0.2) is 52.2 Å². The van der Waals surface area contributed by atoms with Crippen LogP contribution in [0.5, 0.6) is 0 Å². The van der Waals surface area contributed by atoms with Gasteiger partial charge in [-0.2, -0.15) is 0 Å². The van der Waals surface area contributed by atoms with Crippen LogP contribution in [0, 0.1) is 0 Å². The quantitative estimate of drug-likeness (QED) is 0.623. The fourth-order valence-electron chi connectivity index (χ4n) is 1.89. The smallest absolute Gasteiger partial charge is 0.254 e. The predicted molar refractivity (Wildman–Crippen MR) is 62.9 cm³/mol. The van der Waals surface area contributed by atoms with Crippen molar-refractivity contribution in [2.24, 2.45) is 5.73 Å². The van der Waals surface area contributed by atoms with Crippen LogP contribution in [0.3, 0.4) is 0 Å². The molecule has 0 radical (unpaired) electrons. The van der Waals surface area contributed by atoms with E-state index in [0.717, 1.165) is 0 Å². The number of β-amino-alcohol motifs (C(OH)–C–C–N with tert-alkyl or cyclic N) is 2. The van der Waals surface area contributed by atoms with Crippen molar-refractivity contribution in [1.29, 1.82) is 0 Å². The van der Waals surface area contributed by atoms with Crippen molar-refractivity contribution >= 4 is 11.8 Å². The number of carbonyl (C=O) groups excluding carboxylic acids is 2. The average Bonchev–Trinajstić information content (AvgIpc) is 2.69. The van der Waals surface area contributed by atoms with Crippen LogP contribution in [0.1, 0.15) is 20.7 Å². The number of rotatable bonds is 2. The number of amides is 2. The van der Waals surface area contributed by atoms with E-state index < -0.39 is 18.1 Å². The van der Waals surface area contributed by atoms with Gasteiger partial charge in [-0.3, -0.25) is 9.59 Å². The second kappa shape index (κ2) is 4.75. The third-order valence-electron chi connectivity index (χ3n) is 2.96. The first-order valence-electron chi connectivity index (χ1n) is 5.54. The van der Waals surface area contributed by atoms with Gasteiger partial charge < -0.3 is 20.8 Å². The maximum absolute atomic E-state index is 12.0. The van der Waals surface area contributed by atoms with Crippen molar-refractivity contribution in [3.63, 3.8) is 0 Å². The minimum absolute atomic E-state index is 0.109. The summed E-state index contributed by atoms with van der Waals surface area (Å²) in [5, 5.41) is 18.8. The Balaban J connectivity index is 2.12. The molecule has 2 amide bonds. The largest absolute Gasteiger partial charge is 0.388 e. The number of nitrogens with two attached hydrogens (primary N) is 1. The fraction of sp³-hybridized carbons (Fsp3) is 0.333. The van der Waals surface area contributed by atoms with Gasteiger partial charge >= 0.3 is 0 Å². The van der Waals surface area contributed by atoms with E-state index in [0.29, 0.717) is 11.1 Å². The molecule has 96 valence electrons. The normalized spacial score (nSPS) is 23.1. The number of nitrogens with zero attached hydrogens (tertiary/aromatic N) is 1. The topological polar surface area (TPSA) is 104 Å². The number of aliphatic hydroxyl groups excluding tert-OH is 2. The van der Waals surface area contributed by atoms with E-state index in [-0.39, 0.29) is 19.0 Å². The van der Waals surface area contributed by atoms with Gasteiger partial charge in [0.2, 0.25) is 5.91 Å². The highest BCUT2D eigenvalue weighted by atomic mass is 16.3. The Morgan fingerprint density at radius 2 is 1.50 bits per heavy atom. The summed E-state index contributed by atoms with van der Waals surface area (Å²) >= 11 is 0. The number of hydrogen-bond acceptors (Lipinski definition) is 4. The molecule has 0 bridgehead atoms. The third kappa shape index (κ3) is 2.34. The molecule has 2 atom stereocenters. The molecule has 6 heteroatoms. The standard InChI is InChI=1S/C12H14N2O4/c13-11(17)7-1-3-8(4-2-7)12(18)14-5-9(15)10(16)6-14/h1-4,9-10,15-16H,5-6H2,(H2,13,17)/t9-,10+. The number of hydrogen-bond donors (Lipinski definition) is 3. The molecule has 0 aromatic heterocycles. The van der Waals surface area contributed by atoms with Gasteiger partial charge in [-0.15, -0.1) is 0 Å². The van der Waals surface area contributed by atoms with Crippen molar-refractivity contribution in [2.45, 2.75) is 12.2 Å². The number of benzene rings is 1. The van der Waals surface area contributed by atoms with Crippen molar-refractivity contribution in [2.75, 3.05) is 13.1 Å². The second-order valence-corrected chi connectivity index (χ2v) is 4.29. The lowest BCUT2D eigenvalue weighted by Crippen LogP contribution is -2.29. The lowest BCUT2D eigenvalue weighted by molar-refractivity contribution is 0.0572. The zero-order chi connectivity index (χ0) is 13.3. The molecule has 6 nitrogen and oxygen atoms in total. The van der Waals surface area contributed by atoms with Gasteiger partial charge in [-0.05, 0) is 24.3 Å². The maximum atomic E-state index is 12.0. The molecule has 1 aliphatic heterocycles. The summed E-state index contributed by atoms with van der Waals surface area (Å²) in [5.41, 5.74) is 5.82. The van der Waals surface area contributed by atoms with E-state index in [9.17, 15) is 19.8 Å². The fourth-order valence-corrected chi connectivity index (χ4v) is 1.89. The first-order chi connectivity index (χ1) is 8.49. The molecule has 4 N–H and O–H groups in total. The molecule has 1 heterocycles. The van der Waals surface area contributed by atoms with E-state index in [1.807, 2.05) is 0 Å². The predicted octanol–water partition coefficient (Wildman–Crippen LogP) is -1.04. The van der Waals surface area contributed by atoms with E-state index in [1.165, 1.54) is 29.2 Å². The van der Waals surface area contributed by atoms with Gasteiger partial charge in [-0.1, -0.05) is 0 Å². The Morgan fingerprint density at radius 1 is 1.06 bits per heavy atom. The highest BCUT2D eigenvalue weighted by molar-refractivity contribution is 5.97. The van der Waals surface area contributed by atoms with Gasteiger partial charge in [-0.25, -0.2) is 0 Å². The summed E-state index contributed by atoms with van der Waals surface area (Å²) in [6.07, 6.45) is -1.81. The molecule has 18 heavy (non-hydrogen) atoms. The molecule has 1 aromatic carbocycles. The van der Waals surface area contributed by atoms with Crippen LogP contribution >= 0.6 is 0 Å². The summed E-state index contributed by atoms with van der Waals surface area (Å²) in [5.74, 6) is -0.845. The minimum Gasteiger partial charge on any atom is -0.388 e. The lowest BCUT2D eigenvalue weighted by atomic mass is 10.1. The average molecular weight is 250 g/mol. The van der Waals surface area contributed by atoms with Crippen molar-refractivity contribution in [3.05, 3.63) is 35.4 Å². The summed E-state index contributed by atoms with van der Waals surface area (Å²) < 4.78 is 0. The molecular weight excluding hydrogens is 236 g/mol. The molecule has 0 spiro atoms. The van der Waals surface area contributed by atoms with E-state index >= 15 is 0 Å². The Bertz CT molecular complexity index is 461. The van der Waals surface area contributed by atoms with Gasteiger partial charge in [0.05, 0.1) is 12.2 Å². The first-order valence-corrected chi connectivity index (χ1v) is 5.54. The monoisotopic (exact) mass is 250 g/mol. The molecule has 1 aromatic rings. The van der Waals surface area contributed by atoms with Gasteiger partial charge in [0.15, 0.2) is 0 Å². The second-order valence-electron chi connectivity index (χ2n) is 4.29. The highest BCUT2D eigenvalue weighted by Crippen LogP contribution is 2.14. The third-order valence-corrected chi connectivity index (χ3v) is 2.96. The highest BCUT2D eigenvalue weighted by Gasteiger charge is 2.32. The molecular formula is C12H14N2O4. The minimum atomic E-state index is -0.904. The molecule has 0 saturated carbocycles. The zero-order valence-electron chi connectivity index (χ0n) is 9.61. The van der Waals surface area contributed by atoms with Crippen molar-refractivity contribution in [1.82, 2.24) is 4.90 Å². The number of primary amides is 1. The lowest BCUT2D eigenvalue weighted by Gasteiger charge is -2.15. The van der Waals surface area contributed by atoms with Crippen LogP contribution < -0.4 is 5.73 Å². The molecule has 0 aliphatic carbocycles. The number of likely N-dealkylation sites (tertiary alicyclic amines) is 1. The van der Waals surface area contributed by atoms with Crippen LogP contribution in [0.2, 0.25) is 0 Å². The van der Waals surface area contributed by atoms with Gasteiger partial charge in [0.1, 0.15) is 0 Å². The zero-order valence-corrected chi connectivity index (χ0v) is 9.61. The van der Waals surface area contributed by atoms with Gasteiger partial charge in [0.25, 0.3) is 5.91 Å². The van der Waals surface area contributed by atoms with Crippen molar-refractivity contribution in [3.8, 4) is 0 Å². The summed E-state index contributed by atoms with van der Waals surface area (Å²) in [6, 6.07) is 5.94. The summed E-state index contributed by atoms with van der Waals surface area (Å²) in [4.78, 5) is 24.3. The Kier molecular flexibility index (Phi) is 3.31. The Labute approximate surface area is 104 Å². The summed E-state index contributed by atoms with van der Waals surface area (Å²) in [7, 11) is 0. The molecule has 1 aliphatic rings. The van der Waals surface area contributed by atoms with Crippen LogP contribution in [0.4, 0.5) is 0 Å². The number of carbonyl (C=O) groups is 2. The van der Waals surface area contributed by atoms with E-state index in [4.69, 9.17) is 5.73 Å². The molecule has 2 rings (SSSR count). The number of aliphatic hydroxyl groups is 2. The van der Waals surface area contributed by atoms with Gasteiger partial charge in [0, 0.05) is 24.2 Å². The Morgan fingerprint density at radius 3 is 1.94 bits per heavy atom. The molecule has 1 fully saturated rings. The van der Waals surface area contributed by atoms with E-state index in [1.54, 1.807) is 0 Å².